The summed E-state index contributed by atoms with van der Waals surface area (Å²) in [7, 11) is -3.96. The second kappa shape index (κ2) is 10.9. The van der Waals surface area contributed by atoms with E-state index < -0.39 is 15.9 Å². The normalized spacial score (nSPS) is 14.0. The third-order valence-corrected chi connectivity index (χ3v) is 7.89. The molecule has 0 spiro atoms. The molecule has 1 aliphatic rings. The lowest BCUT2D eigenvalue weighted by molar-refractivity contribution is -0.119. The van der Waals surface area contributed by atoms with Gasteiger partial charge in [0.25, 0.3) is 10.0 Å². The number of hydrogen-bond donors (Lipinski definition) is 1. The Bertz CT molecular complexity index is 1210. The first-order chi connectivity index (χ1) is 16.4. The Balaban J connectivity index is 1.45. The molecule has 1 aliphatic heterocycles. The SMILES string of the molecule is O=C(CN(c1cccc(Cl)c1)S(=O)(=O)c1ccccc1)NCc1ccc(N2CCCCC2)cc1. The summed E-state index contributed by atoms with van der Waals surface area (Å²) in [4.78, 5) is 15.3. The van der Waals surface area contributed by atoms with Crippen molar-refractivity contribution in [1.82, 2.24) is 5.32 Å². The molecule has 3 aromatic rings. The smallest absolute Gasteiger partial charge is 0.264 e. The average Bonchev–Trinajstić information content (AvgIpc) is 2.87. The van der Waals surface area contributed by atoms with Gasteiger partial charge in [-0.2, -0.15) is 0 Å². The van der Waals surface area contributed by atoms with Crippen LogP contribution in [-0.2, 0) is 21.4 Å². The van der Waals surface area contributed by atoms with Crippen molar-refractivity contribution < 1.29 is 13.2 Å². The summed E-state index contributed by atoms with van der Waals surface area (Å²) in [6, 6.07) is 22.7. The van der Waals surface area contributed by atoms with Crippen molar-refractivity contribution in [3.8, 4) is 0 Å². The molecule has 6 nitrogen and oxygen atoms in total. The van der Waals surface area contributed by atoms with Gasteiger partial charge in [-0.25, -0.2) is 8.42 Å². The lowest BCUT2D eigenvalue weighted by Gasteiger charge is -2.28. The molecule has 0 bridgehead atoms. The fraction of sp³-hybridized carbons (Fsp3) is 0.269. The number of piperidine rings is 1. The molecule has 34 heavy (non-hydrogen) atoms. The minimum atomic E-state index is -3.96. The molecule has 1 saturated heterocycles. The first-order valence-electron chi connectivity index (χ1n) is 11.4. The molecule has 0 saturated carbocycles. The Kier molecular flexibility index (Phi) is 7.75. The number of sulfonamides is 1. The summed E-state index contributed by atoms with van der Waals surface area (Å²) in [5, 5.41) is 3.23. The number of benzene rings is 3. The van der Waals surface area contributed by atoms with Crippen LogP contribution in [0.4, 0.5) is 11.4 Å². The Morgan fingerprint density at radius 3 is 2.29 bits per heavy atom. The van der Waals surface area contributed by atoms with Crippen LogP contribution >= 0.6 is 11.6 Å². The third kappa shape index (κ3) is 5.90. The molecule has 0 unspecified atom stereocenters. The van der Waals surface area contributed by atoms with Gasteiger partial charge in [0.2, 0.25) is 5.91 Å². The van der Waals surface area contributed by atoms with E-state index in [0.717, 1.165) is 23.0 Å². The minimum Gasteiger partial charge on any atom is -0.372 e. The van der Waals surface area contributed by atoms with Gasteiger partial charge >= 0.3 is 0 Å². The highest BCUT2D eigenvalue weighted by Gasteiger charge is 2.27. The monoisotopic (exact) mass is 497 g/mol. The van der Waals surface area contributed by atoms with E-state index in [0.29, 0.717) is 17.3 Å². The van der Waals surface area contributed by atoms with Gasteiger partial charge in [0.05, 0.1) is 10.6 Å². The number of rotatable bonds is 8. The molecule has 8 heteroatoms. The van der Waals surface area contributed by atoms with Crippen molar-refractivity contribution in [3.63, 3.8) is 0 Å². The fourth-order valence-corrected chi connectivity index (χ4v) is 5.65. The molecular formula is C26H28ClN3O3S. The molecule has 0 aromatic heterocycles. The quantitative estimate of drug-likeness (QED) is 0.483. The van der Waals surface area contributed by atoms with E-state index in [-0.39, 0.29) is 11.4 Å². The van der Waals surface area contributed by atoms with Crippen LogP contribution in [0.2, 0.25) is 5.02 Å². The summed E-state index contributed by atoms with van der Waals surface area (Å²) < 4.78 is 27.8. The zero-order valence-corrected chi connectivity index (χ0v) is 20.4. The van der Waals surface area contributed by atoms with Crippen molar-refractivity contribution >= 4 is 38.9 Å². The maximum absolute atomic E-state index is 13.3. The largest absolute Gasteiger partial charge is 0.372 e. The Morgan fingerprint density at radius 2 is 1.62 bits per heavy atom. The fourth-order valence-electron chi connectivity index (χ4n) is 4.03. The Morgan fingerprint density at radius 1 is 0.912 bits per heavy atom. The van der Waals surface area contributed by atoms with E-state index in [2.05, 4.69) is 22.3 Å². The summed E-state index contributed by atoms with van der Waals surface area (Å²) >= 11 is 6.11. The maximum Gasteiger partial charge on any atom is 0.264 e. The van der Waals surface area contributed by atoms with Gasteiger partial charge < -0.3 is 10.2 Å². The zero-order valence-electron chi connectivity index (χ0n) is 18.9. The molecule has 0 aliphatic carbocycles. The topological polar surface area (TPSA) is 69.7 Å². The van der Waals surface area contributed by atoms with Gasteiger partial charge in [0, 0.05) is 30.3 Å². The molecule has 3 aromatic carbocycles. The number of carbonyl (C=O) groups excluding carboxylic acids is 1. The zero-order chi connectivity index (χ0) is 24.0. The van der Waals surface area contributed by atoms with Crippen LogP contribution in [0, 0.1) is 0 Å². The van der Waals surface area contributed by atoms with Crippen LogP contribution < -0.4 is 14.5 Å². The number of nitrogens with zero attached hydrogens (tertiary/aromatic N) is 2. The standard InChI is InChI=1S/C26H28ClN3O3S/c27-22-8-7-9-24(18-22)30(34(32,33)25-10-3-1-4-11-25)20-26(31)28-19-21-12-14-23(15-13-21)29-16-5-2-6-17-29/h1,3-4,7-15,18H,2,5-6,16-17,19-20H2,(H,28,31). The van der Waals surface area contributed by atoms with Gasteiger partial charge in [-0.1, -0.05) is 48.0 Å². The summed E-state index contributed by atoms with van der Waals surface area (Å²) in [6.07, 6.45) is 3.71. The van der Waals surface area contributed by atoms with Crippen molar-refractivity contribution in [2.24, 2.45) is 0 Å². The van der Waals surface area contributed by atoms with Crippen molar-refractivity contribution in [2.75, 3.05) is 28.8 Å². The van der Waals surface area contributed by atoms with Gasteiger partial charge in [0.15, 0.2) is 0 Å². The predicted molar refractivity (Wildman–Crippen MR) is 137 cm³/mol. The molecule has 0 atom stereocenters. The molecule has 1 amide bonds. The highest BCUT2D eigenvalue weighted by atomic mass is 35.5. The van der Waals surface area contributed by atoms with E-state index in [1.54, 1.807) is 36.4 Å². The van der Waals surface area contributed by atoms with Gasteiger partial charge in [-0.3, -0.25) is 9.10 Å². The first-order valence-corrected chi connectivity index (χ1v) is 13.2. The number of nitrogens with one attached hydrogen (secondary N) is 1. The number of halogens is 1. The summed E-state index contributed by atoms with van der Waals surface area (Å²) in [6.45, 7) is 2.11. The maximum atomic E-state index is 13.3. The van der Waals surface area contributed by atoms with Crippen molar-refractivity contribution in [2.45, 2.75) is 30.7 Å². The van der Waals surface area contributed by atoms with Crippen LogP contribution in [0.25, 0.3) is 0 Å². The number of carbonyl (C=O) groups is 1. The highest BCUT2D eigenvalue weighted by Crippen LogP contribution is 2.26. The highest BCUT2D eigenvalue weighted by molar-refractivity contribution is 7.92. The predicted octanol–water partition coefficient (Wildman–Crippen LogP) is 4.84. The van der Waals surface area contributed by atoms with E-state index in [9.17, 15) is 13.2 Å². The van der Waals surface area contributed by atoms with Crippen molar-refractivity contribution in [3.05, 3.63) is 89.4 Å². The second-order valence-corrected chi connectivity index (χ2v) is 10.6. The molecule has 1 fully saturated rings. The van der Waals surface area contributed by atoms with E-state index in [1.165, 1.54) is 43.1 Å². The average molecular weight is 498 g/mol. The molecule has 178 valence electrons. The molecule has 1 N–H and O–H groups in total. The first kappa shape index (κ1) is 24.1. The Labute approximate surface area is 206 Å². The molecule has 4 rings (SSSR count). The van der Waals surface area contributed by atoms with Crippen LogP contribution in [0.5, 0.6) is 0 Å². The van der Waals surface area contributed by atoms with Crippen LogP contribution in [-0.4, -0.2) is 34.0 Å². The second-order valence-electron chi connectivity index (χ2n) is 8.30. The van der Waals surface area contributed by atoms with E-state index in [4.69, 9.17) is 11.6 Å². The number of amides is 1. The van der Waals surface area contributed by atoms with E-state index in [1.807, 2.05) is 12.1 Å². The van der Waals surface area contributed by atoms with Crippen molar-refractivity contribution in [1.29, 1.82) is 0 Å². The Hall–Kier alpha value is -3.03. The lowest BCUT2D eigenvalue weighted by Crippen LogP contribution is -2.40. The van der Waals surface area contributed by atoms with Gasteiger partial charge in [0.1, 0.15) is 6.54 Å². The van der Waals surface area contributed by atoms with Gasteiger partial charge in [-0.15, -0.1) is 0 Å². The van der Waals surface area contributed by atoms with E-state index >= 15 is 0 Å². The lowest BCUT2D eigenvalue weighted by atomic mass is 10.1. The molecule has 1 heterocycles. The summed E-state index contributed by atoms with van der Waals surface area (Å²) in [5.41, 5.74) is 2.47. The van der Waals surface area contributed by atoms with Crippen LogP contribution in [0.3, 0.4) is 0 Å². The summed E-state index contributed by atoms with van der Waals surface area (Å²) in [5.74, 6) is -0.403. The van der Waals surface area contributed by atoms with Crippen LogP contribution in [0.1, 0.15) is 24.8 Å². The molecule has 0 radical (unpaired) electrons. The number of hydrogen-bond acceptors (Lipinski definition) is 4. The minimum absolute atomic E-state index is 0.107. The number of anilines is 2. The van der Waals surface area contributed by atoms with Crippen LogP contribution in [0.15, 0.2) is 83.8 Å². The van der Waals surface area contributed by atoms with Gasteiger partial charge in [-0.05, 0) is 67.3 Å². The molecular weight excluding hydrogens is 470 g/mol. The third-order valence-electron chi connectivity index (χ3n) is 5.86.